The average molecular weight is 374 g/mol. The number of aryl methyl sites for hydroxylation is 3. The van der Waals surface area contributed by atoms with Crippen LogP contribution in [0.3, 0.4) is 0 Å². The molecule has 3 aromatic rings. The van der Waals surface area contributed by atoms with E-state index in [0.29, 0.717) is 18.2 Å². The fraction of sp³-hybridized carbons (Fsp3) is 0.227. The molecule has 0 unspecified atom stereocenters. The number of hydrogen-bond acceptors (Lipinski definition) is 5. The van der Waals surface area contributed by atoms with Crippen molar-refractivity contribution in [1.29, 1.82) is 0 Å². The summed E-state index contributed by atoms with van der Waals surface area (Å²) in [5.74, 6) is 1.84. The molecule has 2 heterocycles. The summed E-state index contributed by atoms with van der Waals surface area (Å²) in [6, 6.07) is 11.8. The van der Waals surface area contributed by atoms with Crippen LogP contribution in [0.4, 0.5) is 17.3 Å². The van der Waals surface area contributed by atoms with Crippen molar-refractivity contribution in [2.75, 3.05) is 10.6 Å². The molecule has 0 fully saturated rings. The zero-order valence-corrected chi connectivity index (χ0v) is 16.2. The van der Waals surface area contributed by atoms with Crippen molar-refractivity contribution >= 4 is 23.2 Å². The van der Waals surface area contributed by atoms with Crippen molar-refractivity contribution in [2.45, 2.75) is 33.6 Å². The molecule has 0 saturated heterocycles. The lowest BCUT2D eigenvalue weighted by Crippen LogP contribution is -2.18. The highest BCUT2D eigenvalue weighted by atomic mass is 16.5. The highest BCUT2D eigenvalue weighted by Crippen LogP contribution is 2.30. The quantitative estimate of drug-likeness (QED) is 0.684. The van der Waals surface area contributed by atoms with Gasteiger partial charge in [-0.2, -0.15) is 4.98 Å². The Kier molecular flexibility index (Phi) is 4.69. The van der Waals surface area contributed by atoms with Gasteiger partial charge in [-0.25, -0.2) is 4.98 Å². The highest BCUT2D eigenvalue weighted by molar-refractivity contribution is 5.94. The smallest absolute Gasteiger partial charge is 0.230 e. The predicted octanol–water partition coefficient (Wildman–Crippen LogP) is 4.82. The Morgan fingerprint density at radius 3 is 2.79 bits per heavy atom. The standard InChI is InChI=1S/C22H22N4O2/c1-13-5-4-6-19(15(13)3)28-21-14(2)12-23-22(26-21)24-17-8-9-18-16(11-17)7-10-20(27)25-18/h4-6,8-9,11-12H,7,10H2,1-3H3,(H,25,27)(H,23,24,26). The van der Waals surface area contributed by atoms with Gasteiger partial charge in [-0.05, 0) is 68.1 Å². The Balaban J connectivity index is 1.57. The molecule has 0 bridgehead atoms. The first-order chi connectivity index (χ1) is 13.5. The monoisotopic (exact) mass is 374 g/mol. The second kappa shape index (κ2) is 7.31. The maximum atomic E-state index is 11.5. The van der Waals surface area contributed by atoms with Crippen molar-refractivity contribution in [3.63, 3.8) is 0 Å². The van der Waals surface area contributed by atoms with Gasteiger partial charge in [0.1, 0.15) is 5.75 Å². The van der Waals surface area contributed by atoms with Gasteiger partial charge in [-0.1, -0.05) is 12.1 Å². The lowest BCUT2D eigenvalue weighted by molar-refractivity contribution is -0.116. The highest BCUT2D eigenvalue weighted by Gasteiger charge is 2.15. The van der Waals surface area contributed by atoms with Gasteiger partial charge in [0.2, 0.25) is 17.7 Å². The summed E-state index contributed by atoms with van der Waals surface area (Å²) in [6.07, 6.45) is 2.98. The lowest BCUT2D eigenvalue weighted by Gasteiger charge is -2.18. The van der Waals surface area contributed by atoms with Gasteiger partial charge in [-0.15, -0.1) is 0 Å². The van der Waals surface area contributed by atoms with E-state index in [0.717, 1.165) is 40.2 Å². The lowest BCUT2D eigenvalue weighted by atomic mass is 10.0. The second-order valence-electron chi connectivity index (χ2n) is 7.03. The summed E-state index contributed by atoms with van der Waals surface area (Å²) in [5.41, 5.74) is 5.96. The third-order valence-electron chi connectivity index (χ3n) is 4.94. The Bertz CT molecular complexity index is 1060. The molecule has 28 heavy (non-hydrogen) atoms. The van der Waals surface area contributed by atoms with E-state index in [9.17, 15) is 4.79 Å². The van der Waals surface area contributed by atoms with E-state index >= 15 is 0 Å². The normalized spacial score (nSPS) is 12.9. The maximum absolute atomic E-state index is 11.5. The first-order valence-corrected chi connectivity index (χ1v) is 9.27. The molecule has 0 atom stereocenters. The number of fused-ring (bicyclic) bond motifs is 1. The third-order valence-corrected chi connectivity index (χ3v) is 4.94. The van der Waals surface area contributed by atoms with E-state index in [-0.39, 0.29) is 5.91 Å². The SMILES string of the molecule is Cc1cnc(Nc2ccc3c(c2)CCC(=O)N3)nc1Oc1cccc(C)c1C. The van der Waals surface area contributed by atoms with Crippen molar-refractivity contribution < 1.29 is 9.53 Å². The van der Waals surface area contributed by atoms with Crippen LogP contribution in [0.5, 0.6) is 11.6 Å². The summed E-state index contributed by atoms with van der Waals surface area (Å²) in [4.78, 5) is 20.4. The average Bonchev–Trinajstić information content (AvgIpc) is 2.68. The molecule has 6 heteroatoms. The number of nitrogens with one attached hydrogen (secondary N) is 2. The fourth-order valence-corrected chi connectivity index (χ4v) is 3.12. The van der Waals surface area contributed by atoms with Gasteiger partial charge >= 0.3 is 0 Å². The van der Waals surface area contributed by atoms with Gasteiger partial charge in [-0.3, -0.25) is 4.79 Å². The summed E-state index contributed by atoms with van der Waals surface area (Å²) in [5, 5.41) is 6.12. The van der Waals surface area contributed by atoms with Crippen molar-refractivity contribution in [3.05, 3.63) is 64.8 Å². The molecule has 0 saturated carbocycles. The number of benzene rings is 2. The minimum atomic E-state index is 0.0586. The number of anilines is 3. The molecule has 1 aliphatic heterocycles. The molecular formula is C22H22N4O2. The van der Waals surface area contributed by atoms with Crippen LogP contribution in [0.2, 0.25) is 0 Å². The van der Waals surface area contributed by atoms with Gasteiger partial charge < -0.3 is 15.4 Å². The largest absolute Gasteiger partial charge is 0.438 e. The first-order valence-electron chi connectivity index (χ1n) is 9.27. The van der Waals surface area contributed by atoms with E-state index in [1.165, 1.54) is 5.56 Å². The predicted molar refractivity (Wildman–Crippen MR) is 109 cm³/mol. The molecule has 4 rings (SSSR count). The minimum Gasteiger partial charge on any atom is -0.438 e. The van der Waals surface area contributed by atoms with Gasteiger partial charge in [0, 0.05) is 29.6 Å². The van der Waals surface area contributed by atoms with Crippen LogP contribution in [-0.2, 0) is 11.2 Å². The van der Waals surface area contributed by atoms with Crippen molar-refractivity contribution in [3.8, 4) is 11.6 Å². The maximum Gasteiger partial charge on any atom is 0.230 e. The number of ether oxygens (including phenoxy) is 1. The number of carbonyl (C=O) groups excluding carboxylic acids is 1. The van der Waals surface area contributed by atoms with Gasteiger partial charge in [0.05, 0.1) is 0 Å². The van der Waals surface area contributed by atoms with E-state index in [4.69, 9.17) is 4.74 Å². The summed E-state index contributed by atoms with van der Waals surface area (Å²) >= 11 is 0. The van der Waals surface area contributed by atoms with E-state index < -0.39 is 0 Å². The molecule has 142 valence electrons. The van der Waals surface area contributed by atoms with Crippen molar-refractivity contribution in [1.82, 2.24) is 9.97 Å². The molecule has 0 spiro atoms. The van der Waals surface area contributed by atoms with Crippen molar-refractivity contribution in [2.24, 2.45) is 0 Å². The molecule has 0 radical (unpaired) electrons. The Morgan fingerprint density at radius 2 is 1.93 bits per heavy atom. The van der Waals surface area contributed by atoms with Crippen LogP contribution >= 0.6 is 0 Å². The molecule has 1 aliphatic rings. The summed E-state index contributed by atoms with van der Waals surface area (Å²) < 4.78 is 6.06. The number of amides is 1. The van der Waals surface area contributed by atoms with E-state index in [2.05, 4.69) is 33.6 Å². The number of aromatic nitrogens is 2. The molecule has 1 amide bonds. The topological polar surface area (TPSA) is 76.1 Å². The number of rotatable bonds is 4. The molecule has 6 nitrogen and oxygen atoms in total. The molecule has 1 aromatic heterocycles. The number of carbonyl (C=O) groups is 1. The Hall–Kier alpha value is -3.41. The molecular weight excluding hydrogens is 352 g/mol. The first kappa shape index (κ1) is 18.0. The van der Waals surface area contributed by atoms with Crippen LogP contribution in [-0.4, -0.2) is 15.9 Å². The zero-order valence-electron chi connectivity index (χ0n) is 16.2. The zero-order chi connectivity index (χ0) is 19.7. The van der Waals surface area contributed by atoms with Crippen LogP contribution in [0.25, 0.3) is 0 Å². The van der Waals surface area contributed by atoms with Crippen LogP contribution in [0, 0.1) is 20.8 Å². The third kappa shape index (κ3) is 3.67. The molecule has 2 aromatic carbocycles. The number of hydrogen-bond donors (Lipinski definition) is 2. The van der Waals surface area contributed by atoms with E-state index in [1.54, 1.807) is 6.20 Å². The van der Waals surface area contributed by atoms with Crippen LogP contribution in [0.1, 0.15) is 28.7 Å². The van der Waals surface area contributed by atoms with E-state index in [1.807, 2.05) is 44.2 Å². The van der Waals surface area contributed by atoms with Crippen LogP contribution < -0.4 is 15.4 Å². The summed E-state index contributed by atoms with van der Waals surface area (Å²) in [7, 11) is 0. The molecule has 0 aliphatic carbocycles. The number of nitrogens with zero attached hydrogens (tertiary/aromatic N) is 2. The molecule has 2 N–H and O–H groups in total. The van der Waals surface area contributed by atoms with Crippen LogP contribution in [0.15, 0.2) is 42.6 Å². The fourth-order valence-electron chi connectivity index (χ4n) is 3.12. The summed E-state index contributed by atoms with van der Waals surface area (Å²) in [6.45, 7) is 6.01. The second-order valence-corrected chi connectivity index (χ2v) is 7.03. The van der Waals surface area contributed by atoms with Gasteiger partial charge in [0.15, 0.2) is 0 Å². The Labute approximate surface area is 164 Å². The van der Waals surface area contributed by atoms with Gasteiger partial charge in [0.25, 0.3) is 0 Å². The minimum absolute atomic E-state index is 0.0586. The Morgan fingerprint density at radius 1 is 1.07 bits per heavy atom.